The van der Waals surface area contributed by atoms with Crippen molar-refractivity contribution in [3.8, 4) is 0 Å². The van der Waals surface area contributed by atoms with E-state index >= 15 is 0 Å². The van der Waals surface area contributed by atoms with Gasteiger partial charge in [-0.05, 0) is 62.4 Å². The van der Waals surface area contributed by atoms with Crippen molar-refractivity contribution in [2.45, 2.75) is 26.9 Å². The first-order chi connectivity index (χ1) is 23.5. The molecule has 0 fully saturated rings. The molecule has 0 saturated carbocycles. The van der Waals surface area contributed by atoms with E-state index < -0.39 is 49.3 Å². The maximum absolute atomic E-state index is 13.5. The number of anilines is 2. The molecule has 0 bridgehead atoms. The highest BCUT2D eigenvalue weighted by Crippen LogP contribution is 2.25. The molecule has 12 nitrogen and oxygen atoms in total. The predicted molar refractivity (Wildman–Crippen MR) is 177 cm³/mol. The maximum Gasteiger partial charge on any atom is 0.339 e. The Bertz CT molecular complexity index is 1850. The molecule has 0 radical (unpaired) electrons. The summed E-state index contributed by atoms with van der Waals surface area (Å²) in [5, 5.41) is 0. The molecule has 0 amide bonds. The van der Waals surface area contributed by atoms with Crippen molar-refractivity contribution in [2.75, 3.05) is 33.8 Å². The van der Waals surface area contributed by atoms with E-state index in [4.69, 9.17) is 5.73 Å². The van der Waals surface area contributed by atoms with Crippen LogP contribution in [0.5, 0.6) is 0 Å². The summed E-state index contributed by atoms with van der Waals surface area (Å²) in [5.41, 5.74) is 6.11. The predicted octanol–water partition coefficient (Wildman–Crippen LogP) is 4.36. The van der Waals surface area contributed by atoms with Crippen LogP contribution in [0, 0.1) is 23.3 Å². The maximum atomic E-state index is 13.5. The molecule has 4 aromatic rings. The van der Waals surface area contributed by atoms with Gasteiger partial charge in [0.1, 0.15) is 23.3 Å². The third kappa shape index (κ3) is 10.5. The summed E-state index contributed by atoms with van der Waals surface area (Å²) >= 11 is 0. The Balaban J connectivity index is 0.000000270. The first-order valence-corrected chi connectivity index (χ1v) is 17.9. The van der Waals surface area contributed by atoms with Crippen LogP contribution in [0.4, 0.5) is 28.9 Å². The number of nitrogens with two attached hydrogens (primary N) is 1. The van der Waals surface area contributed by atoms with E-state index in [1.165, 1.54) is 57.6 Å². The SMILES string of the molecule is CCS(=O)(=O)N(Cc1ccc(C(=O)CN)cn1)c1cc(F)cc(F)c1.CCS(=O)(=O)N(Cc1ccc(C(=O)OC)cn1)c1cc(F)cc(F)c1. The van der Waals surface area contributed by atoms with Gasteiger partial charge >= 0.3 is 5.97 Å². The van der Waals surface area contributed by atoms with Crippen molar-refractivity contribution in [3.05, 3.63) is 119 Å². The van der Waals surface area contributed by atoms with Crippen LogP contribution in [0.3, 0.4) is 0 Å². The van der Waals surface area contributed by atoms with E-state index in [0.29, 0.717) is 29.1 Å². The number of halogens is 4. The molecule has 50 heavy (non-hydrogen) atoms. The van der Waals surface area contributed by atoms with E-state index in [2.05, 4.69) is 14.7 Å². The fourth-order valence-electron chi connectivity index (χ4n) is 4.23. The van der Waals surface area contributed by atoms with Crippen LogP contribution in [0.1, 0.15) is 46.0 Å². The lowest BCUT2D eigenvalue weighted by Gasteiger charge is -2.23. The number of esters is 1. The quantitative estimate of drug-likeness (QED) is 0.118. The summed E-state index contributed by atoms with van der Waals surface area (Å²) in [5.74, 6) is -4.94. The number of sulfonamides is 2. The third-order valence-electron chi connectivity index (χ3n) is 6.86. The van der Waals surface area contributed by atoms with Crippen molar-refractivity contribution >= 4 is 43.2 Å². The number of benzene rings is 2. The van der Waals surface area contributed by atoms with E-state index in [9.17, 15) is 44.0 Å². The van der Waals surface area contributed by atoms with Crippen LogP contribution < -0.4 is 14.3 Å². The van der Waals surface area contributed by atoms with Gasteiger partial charge in [-0.1, -0.05) is 0 Å². The Morgan fingerprint density at radius 2 is 1.06 bits per heavy atom. The highest BCUT2D eigenvalue weighted by Gasteiger charge is 2.24. The highest BCUT2D eigenvalue weighted by molar-refractivity contribution is 7.93. The summed E-state index contributed by atoms with van der Waals surface area (Å²) < 4.78 is 110. The highest BCUT2D eigenvalue weighted by atomic mass is 32.2. The topological polar surface area (TPSA) is 170 Å². The normalized spacial score (nSPS) is 11.3. The third-order valence-corrected chi connectivity index (χ3v) is 10.3. The summed E-state index contributed by atoms with van der Waals surface area (Å²) in [6.45, 7) is 2.22. The Morgan fingerprint density at radius 1 is 0.680 bits per heavy atom. The lowest BCUT2D eigenvalue weighted by Crippen LogP contribution is -2.32. The first kappa shape index (κ1) is 39.5. The second-order valence-corrected chi connectivity index (χ2v) is 14.6. The van der Waals surface area contributed by atoms with Crippen molar-refractivity contribution in [3.63, 3.8) is 0 Å². The Kier molecular flexibility index (Phi) is 13.5. The van der Waals surface area contributed by atoms with Gasteiger partial charge in [0.05, 0.1) is 66.6 Å². The van der Waals surface area contributed by atoms with Crippen molar-refractivity contribution in [2.24, 2.45) is 5.73 Å². The molecular weight excluding hydrogens is 707 g/mol. The lowest BCUT2D eigenvalue weighted by molar-refractivity contribution is 0.0600. The van der Waals surface area contributed by atoms with Crippen LogP contribution in [-0.4, -0.2) is 63.7 Å². The summed E-state index contributed by atoms with van der Waals surface area (Å²) in [6.07, 6.45) is 2.53. The van der Waals surface area contributed by atoms with Crippen LogP contribution in [0.25, 0.3) is 0 Å². The van der Waals surface area contributed by atoms with Gasteiger partial charge in [0.2, 0.25) is 20.0 Å². The molecule has 4 rings (SSSR count). The molecule has 0 unspecified atom stereocenters. The zero-order valence-electron chi connectivity index (χ0n) is 27.0. The smallest absolute Gasteiger partial charge is 0.339 e. The van der Waals surface area contributed by atoms with E-state index in [1.807, 2.05) is 0 Å². The average molecular weight is 740 g/mol. The Labute approximate surface area is 286 Å². The molecule has 0 atom stereocenters. The molecule has 2 aromatic heterocycles. The number of carbonyl (C=O) groups is 2. The lowest BCUT2D eigenvalue weighted by atomic mass is 10.2. The second kappa shape index (κ2) is 17.1. The van der Waals surface area contributed by atoms with Crippen molar-refractivity contribution < 1.29 is 48.7 Å². The number of rotatable bonds is 13. The van der Waals surface area contributed by atoms with Gasteiger partial charge < -0.3 is 10.5 Å². The number of Topliss-reactive ketones (excluding diaryl/α,β-unsaturated/α-hetero) is 1. The molecule has 0 saturated heterocycles. The van der Waals surface area contributed by atoms with E-state index in [0.717, 1.165) is 32.9 Å². The monoisotopic (exact) mass is 739 g/mol. The van der Waals surface area contributed by atoms with E-state index in [1.54, 1.807) is 0 Å². The molecule has 0 aliphatic heterocycles. The minimum Gasteiger partial charge on any atom is -0.465 e. The number of ether oxygens (including phenoxy) is 1. The number of hydrogen-bond donors (Lipinski definition) is 1. The molecular formula is C32H33F4N5O7S2. The molecule has 2 N–H and O–H groups in total. The number of carbonyl (C=O) groups excluding carboxylic acids is 2. The average Bonchev–Trinajstić information content (AvgIpc) is 3.08. The molecule has 268 valence electrons. The molecule has 2 aromatic carbocycles. The summed E-state index contributed by atoms with van der Waals surface area (Å²) in [7, 11) is -6.38. The molecule has 0 aliphatic carbocycles. The van der Waals surface area contributed by atoms with Crippen LogP contribution >= 0.6 is 0 Å². The van der Waals surface area contributed by atoms with Gasteiger partial charge in [0.15, 0.2) is 5.78 Å². The largest absolute Gasteiger partial charge is 0.465 e. The van der Waals surface area contributed by atoms with Gasteiger partial charge in [-0.2, -0.15) is 0 Å². The minimum atomic E-state index is -3.81. The molecule has 18 heteroatoms. The van der Waals surface area contributed by atoms with Gasteiger partial charge in [-0.15, -0.1) is 0 Å². The fourth-order valence-corrected chi connectivity index (χ4v) is 6.36. The van der Waals surface area contributed by atoms with Gasteiger partial charge in [0.25, 0.3) is 0 Å². The Morgan fingerprint density at radius 3 is 1.36 bits per heavy atom. The van der Waals surface area contributed by atoms with Gasteiger partial charge in [-0.25, -0.2) is 39.2 Å². The molecule has 0 spiro atoms. The standard InChI is InChI=1S/C16H17F2N3O3S.C16H16F2N2O4S/c1-2-25(23,24)21(15-6-12(17)5-13(18)7-15)10-14-4-3-11(9-20-14)16(22)8-19;1-3-25(22,23)20(15-7-12(17)6-13(18)8-15)10-14-5-4-11(9-19-14)16(21)24-2/h3-7,9H,2,8,10,19H2,1H3;4-9H,3,10H2,1-2H3. The Hall–Kier alpha value is -4.94. The van der Waals surface area contributed by atoms with Gasteiger partial charge in [-0.3, -0.25) is 23.4 Å². The number of aromatic nitrogens is 2. The number of pyridine rings is 2. The number of hydrogen-bond acceptors (Lipinski definition) is 10. The zero-order chi connectivity index (χ0) is 37.2. The molecule has 2 heterocycles. The second-order valence-electron chi connectivity index (χ2n) is 10.3. The number of nitrogens with zero attached hydrogens (tertiary/aromatic N) is 4. The summed E-state index contributed by atoms with van der Waals surface area (Å²) in [4.78, 5) is 30.9. The summed E-state index contributed by atoms with van der Waals surface area (Å²) in [6, 6.07) is 10.9. The van der Waals surface area contributed by atoms with Crippen LogP contribution in [0.15, 0.2) is 73.1 Å². The van der Waals surface area contributed by atoms with Crippen molar-refractivity contribution in [1.82, 2.24) is 9.97 Å². The zero-order valence-corrected chi connectivity index (χ0v) is 28.6. The fraction of sp³-hybridized carbons (Fsp3) is 0.250. The van der Waals surface area contributed by atoms with Crippen LogP contribution in [0.2, 0.25) is 0 Å². The minimum absolute atomic E-state index is 0.136. The van der Waals surface area contributed by atoms with Crippen LogP contribution in [-0.2, 0) is 37.9 Å². The van der Waals surface area contributed by atoms with E-state index in [-0.39, 0.29) is 53.9 Å². The van der Waals surface area contributed by atoms with Gasteiger partial charge in [0, 0.05) is 30.1 Å². The van der Waals surface area contributed by atoms with Crippen molar-refractivity contribution in [1.29, 1.82) is 0 Å². The number of ketones is 1. The number of methoxy groups -OCH3 is 1. The molecule has 0 aliphatic rings. The first-order valence-electron chi connectivity index (χ1n) is 14.7.